The van der Waals surface area contributed by atoms with Crippen LogP contribution in [0.4, 0.5) is 0 Å². The van der Waals surface area contributed by atoms with Crippen LogP contribution in [0.15, 0.2) is 0 Å². The maximum Gasteiger partial charge on any atom is 0.233 e. The first-order chi connectivity index (χ1) is 6.83. The molecule has 2 N–H and O–H groups in total. The van der Waals surface area contributed by atoms with Crippen LogP contribution in [-0.2, 0) is 4.79 Å². The van der Waals surface area contributed by atoms with Gasteiger partial charge in [0.1, 0.15) is 0 Å². The van der Waals surface area contributed by atoms with Crippen LogP contribution in [0.1, 0.15) is 32.1 Å². The Hall–Kier alpha value is -1.01. The van der Waals surface area contributed by atoms with Crippen molar-refractivity contribution < 1.29 is 4.79 Å². The zero-order valence-electron chi connectivity index (χ0n) is 8.51. The van der Waals surface area contributed by atoms with Crippen molar-refractivity contribution in [1.82, 2.24) is 10.6 Å². The summed E-state index contributed by atoms with van der Waals surface area (Å²) in [6.45, 7) is 1.01. The van der Waals surface area contributed by atoms with E-state index in [4.69, 9.17) is 6.42 Å². The molecule has 0 saturated heterocycles. The summed E-state index contributed by atoms with van der Waals surface area (Å²) in [4.78, 5) is 11.2. The zero-order valence-corrected chi connectivity index (χ0v) is 8.51. The van der Waals surface area contributed by atoms with Crippen LogP contribution < -0.4 is 10.6 Å². The number of terminal acetylenes is 1. The molecule has 0 atom stereocenters. The fourth-order valence-corrected chi connectivity index (χ4v) is 1.70. The van der Waals surface area contributed by atoms with Crippen molar-refractivity contribution >= 4 is 5.91 Å². The van der Waals surface area contributed by atoms with Crippen molar-refractivity contribution in [2.24, 2.45) is 0 Å². The van der Waals surface area contributed by atoms with E-state index in [9.17, 15) is 4.79 Å². The molecule has 1 fully saturated rings. The molecule has 3 heteroatoms. The average Bonchev–Trinajstić information content (AvgIpc) is 2.68. The molecule has 0 aromatic carbocycles. The Morgan fingerprint density at radius 3 is 2.79 bits per heavy atom. The molecule has 1 aliphatic carbocycles. The van der Waals surface area contributed by atoms with Gasteiger partial charge >= 0.3 is 0 Å². The van der Waals surface area contributed by atoms with Crippen molar-refractivity contribution in [3.05, 3.63) is 0 Å². The number of rotatable bonds is 5. The quantitative estimate of drug-likeness (QED) is 0.498. The minimum atomic E-state index is 0.0483. The van der Waals surface area contributed by atoms with Crippen LogP contribution in [-0.4, -0.2) is 25.0 Å². The number of carbonyl (C=O) groups is 1. The van der Waals surface area contributed by atoms with E-state index in [1.54, 1.807) is 0 Å². The van der Waals surface area contributed by atoms with Crippen LogP contribution >= 0.6 is 0 Å². The summed E-state index contributed by atoms with van der Waals surface area (Å²) < 4.78 is 0. The van der Waals surface area contributed by atoms with Crippen LogP contribution in [0, 0.1) is 12.3 Å². The molecule has 0 spiro atoms. The van der Waals surface area contributed by atoms with Gasteiger partial charge in [-0.3, -0.25) is 4.79 Å². The lowest BCUT2D eigenvalue weighted by atomic mass is 10.2. The van der Waals surface area contributed by atoms with Gasteiger partial charge < -0.3 is 10.6 Å². The monoisotopic (exact) mass is 194 g/mol. The lowest BCUT2D eigenvalue weighted by molar-refractivity contribution is -0.120. The molecule has 1 amide bonds. The number of hydrogen-bond donors (Lipinski definition) is 2. The summed E-state index contributed by atoms with van der Waals surface area (Å²) in [5.41, 5.74) is 0. The Labute approximate surface area is 85.6 Å². The van der Waals surface area contributed by atoms with Crippen molar-refractivity contribution in [2.75, 3.05) is 13.1 Å². The summed E-state index contributed by atoms with van der Waals surface area (Å²) in [5.74, 6) is 2.53. The number of carbonyl (C=O) groups excluding carboxylic acids is 1. The maximum atomic E-state index is 11.2. The standard InChI is InChI=1S/C11H18N2O/c1-2-3-8-12-11(14)9-13-10-6-4-5-7-10/h1,10,13H,3-9H2,(H,12,14). The van der Waals surface area contributed by atoms with Gasteiger partial charge in [0.15, 0.2) is 0 Å². The normalized spacial score (nSPS) is 16.5. The van der Waals surface area contributed by atoms with Gasteiger partial charge in [0.05, 0.1) is 6.54 Å². The molecule has 0 aromatic rings. The first kappa shape index (κ1) is 11.1. The van der Waals surface area contributed by atoms with Gasteiger partial charge in [0.2, 0.25) is 5.91 Å². The van der Waals surface area contributed by atoms with E-state index in [1.807, 2.05) is 0 Å². The molecule has 1 saturated carbocycles. The summed E-state index contributed by atoms with van der Waals surface area (Å²) in [6, 6.07) is 0.549. The third-order valence-electron chi connectivity index (χ3n) is 2.50. The summed E-state index contributed by atoms with van der Waals surface area (Å²) >= 11 is 0. The number of amides is 1. The van der Waals surface area contributed by atoms with Gasteiger partial charge in [-0.2, -0.15) is 0 Å². The van der Waals surface area contributed by atoms with Gasteiger partial charge in [-0.15, -0.1) is 12.3 Å². The molecule has 78 valence electrons. The van der Waals surface area contributed by atoms with Gasteiger partial charge in [0, 0.05) is 19.0 Å². The minimum absolute atomic E-state index is 0.0483. The number of nitrogens with one attached hydrogen (secondary N) is 2. The van der Waals surface area contributed by atoms with E-state index in [2.05, 4.69) is 16.6 Å². The lowest BCUT2D eigenvalue weighted by Gasteiger charge is -2.11. The Bertz CT molecular complexity index is 214. The molecule has 1 aliphatic rings. The highest BCUT2D eigenvalue weighted by Crippen LogP contribution is 2.16. The molecular weight excluding hydrogens is 176 g/mol. The highest BCUT2D eigenvalue weighted by Gasteiger charge is 2.14. The first-order valence-electron chi connectivity index (χ1n) is 5.26. The predicted molar refractivity (Wildman–Crippen MR) is 56.7 cm³/mol. The van der Waals surface area contributed by atoms with E-state index in [-0.39, 0.29) is 5.91 Å². The molecule has 0 unspecified atom stereocenters. The zero-order chi connectivity index (χ0) is 10.2. The number of hydrogen-bond acceptors (Lipinski definition) is 2. The molecule has 0 radical (unpaired) electrons. The van der Waals surface area contributed by atoms with Crippen molar-refractivity contribution in [1.29, 1.82) is 0 Å². The molecule has 1 rings (SSSR count). The van der Waals surface area contributed by atoms with E-state index in [0.29, 0.717) is 25.6 Å². The molecule has 0 bridgehead atoms. The molecule has 0 aliphatic heterocycles. The van der Waals surface area contributed by atoms with Crippen LogP contribution in [0.2, 0.25) is 0 Å². The molecule has 3 nitrogen and oxygen atoms in total. The average molecular weight is 194 g/mol. The molecule has 0 heterocycles. The second-order valence-electron chi connectivity index (χ2n) is 3.67. The van der Waals surface area contributed by atoms with E-state index >= 15 is 0 Å². The third kappa shape index (κ3) is 4.29. The maximum absolute atomic E-state index is 11.2. The minimum Gasteiger partial charge on any atom is -0.354 e. The second-order valence-corrected chi connectivity index (χ2v) is 3.67. The Morgan fingerprint density at radius 1 is 1.43 bits per heavy atom. The van der Waals surface area contributed by atoms with Crippen LogP contribution in [0.5, 0.6) is 0 Å². The lowest BCUT2D eigenvalue weighted by Crippen LogP contribution is -2.38. The summed E-state index contributed by atoms with van der Waals surface area (Å²) in [5, 5.41) is 6.01. The van der Waals surface area contributed by atoms with Crippen molar-refractivity contribution in [3.8, 4) is 12.3 Å². The molecule has 14 heavy (non-hydrogen) atoms. The van der Waals surface area contributed by atoms with Crippen LogP contribution in [0.25, 0.3) is 0 Å². The van der Waals surface area contributed by atoms with Gasteiger partial charge in [-0.1, -0.05) is 12.8 Å². The van der Waals surface area contributed by atoms with E-state index in [0.717, 1.165) is 0 Å². The largest absolute Gasteiger partial charge is 0.354 e. The van der Waals surface area contributed by atoms with E-state index < -0.39 is 0 Å². The Morgan fingerprint density at radius 2 is 2.14 bits per heavy atom. The smallest absolute Gasteiger partial charge is 0.233 e. The van der Waals surface area contributed by atoms with Gasteiger partial charge in [-0.05, 0) is 12.8 Å². The molecular formula is C11H18N2O. The summed E-state index contributed by atoms with van der Waals surface area (Å²) in [6.07, 6.45) is 10.7. The fourth-order valence-electron chi connectivity index (χ4n) is 1.70. The first-order valence-corrected chi connectivity index (χ1v) is 5.26. The predicted octanol–water partition coefficient (Wildman–Crippen LogP) is 0.658. The van der Waals surface area contributed by atoms with Gasteiger partial charge in [0.25, 0.3) is 0 Å². The topological polar surface area (TPSA) is 41.1 Å². The molecule has 0 aromatic heterocycles. The van der Waals surface area contributed by atoms with Crippen molar-refractivity contribution in [2.45, 2.75) is 38.1 Å². The Kier molecular flexibility index (Phi) is 5.09. The second kappa shape index (κ2) is 6.44. The highest BCUT2D eigenvalue weighted by molar-refractivity contribution is 5.77. The fraction of sp³-hybridized carbons (Fsp3) is 0.727. The van der Waals surface area contributed by atoms with Crippen LogP contribution in [0.3, 0.4) is 0 Å². The third-order valence-corrected chi connectivity index (χ3v) is 2.50. The SMILES string of the molecule is C#CCCNC(=O)CNC1CCCC1. The Balaban J connectivity index is 2.00. The van der Waals surface area contributed by atoms with Crippen molar-refractivity contribution in [3.63, 3.8) is 0 Å². The van der Waals surface area contributed by atoms with Gasteiger partial charge in [-0.25, -0.2) is 0 Å². The summed E-state index contributed by atoms with van der Waals surface area (Å²) in [7, 11) is 0. The van der Waals surface area contributed by atoms with E-state index in [1.165, 1.54) is 25.7 Å². The highest BCUT2D eigenvalue weighted by atomic mass is 16.1.